The average molecular weight is 333 g/mol. The number of hydrogen-bond donors (Lipinski definition) is 0. The largest absolute Gasteiger partial charge is 0.483 e. The summed E-state index contributed by atoms with van der Waals surface area (Å²) in [5.74, 6) is 0.700. The number of halogens is 1. The van der Waals surface area contributed by atoms with Crippen LogP contribution in [0.5, 0.6) is 5.75 Å². The van der Waals surface area contributed by atoms with E-state index in [4.69, 9.17) is 4.74 Å². The number of rotatable bonds is 4. The van der Waals surface area contributed by atoms with Crippen molar-refractivity contribution in [3.05, 3.63) is 63.6 Å². The minimum absolute atomic E-state index is 0.00690. The number of carbonyl (C=O) groups is 1. The van der Waals surface area contributed by atoms with Crippen LogP contribution in [0.25, 0.3) is 0 Å². The normalized spacial score (nSPS) is 12.0. The second kappa shape index (κ2) is 6.23. The molecule has 0 saturated carbocycles. The van der Waals surface area contributed by atoms with Gasteiger partial charge in [-0.3, -0.25) is 4.79 Å². The van der Waals surface area contributed by atoms with Crippen LogP contribution in [0.15, 0.2) is 46.9 Å². The lowest BCUT2D eigenvalue weighted by molar-refractivity contribution is 0.0818. The highest BCUT2D eigenvalue weighted by atomic mass is 79.9. The van der Waals surface area contributed by atoms with Gasteiger partial charge in [-0.2, -0.15) is 0 Å². The lowest BCUT2D eigenvalue weighted by atomic mass is 10.0. The summed E-state index contributed by atoms with van der Waals surface area (Å²) >= 11 is 3.51. The first-order valence-electron chi connectivity index (χ1n) is 6.51. The molecule has 0 aromatic heterocycles. The van der Waals surface area contributed by atoms with E-state index < -0.39 is 6.10 Å². The van der Waals surface area contributed by atoms with E-state index in [0.29, 0.717) is 11.3 Å². The van der Waals surface area contributed by atoms with Crippen molar-refractivity contribution in [2.75, 3.05) is 0 Å². The second-order valence-electron chi connectivity index (χ2n) is 4.86. The Labute approximate surface area is 127 Å². The van der Waals surface area contributed by atoms with Gasteiger partial charge in [0, 0.05) is 10.0 Å². The molecule has 0 aliphatic carbocycles. The average Bonchev–Trinajstić information content (AvgIpc) is 2.44. The lowest BCUT2D eigenvalue weighted by Crippen LogP contribution is -2.24. The summed E-state index contributed by atoms with van der Waals surface area (Å²) in [6, 6.07) is 13.2. The van der Waals surface area contributed by atoms with Crippen LogP contribution < -0.4 is 4.74 Å². The fourth-order valence-electron chi connectivity index (χ4n) is 2.08. The Kier molecular flexibility index (Phi) is 4.61. The van der Waals surface area contributed by atoms with Crippen LogP contribution >= 0.6 is 15.9 Å². The number of para-hydroxylation sites is 1. The first-order valence-corrected chi connectivity index (χ1v) is 7.31. The van der Waals surface area contributed by atoms with Crippen molar-refractivity contribution < 1.29 is 9.53 Å². The van der Waals surface area contributed by atoms with Crippen LogP contribution in [-0.2, 0) is 0 Å². The van der Waals surface area contributed by atoms with E-state index in [1.807, 2.05) is 56.3 Å². The predicted octanol–water partition coefficient (Wildman–Crippen LogP) is 4.72. The van der Waals surface area contributed by atoms with Gasteiger partial charge < -0.3 is 4.74 Å². The van der Waals surface area contributed by atoms with E-state index in [1.165, 1.54) is 0 Å². The van der Waals surface area contributed by atoms with Crippen LogP contribution in [0, 0.1) is 13.8 Å². The molecule has 2 aromatic rings. The van der Waals surface area contributed by atoms with Crippen molar-refractivity contribution in [1.82, 2.24) is 0 Å². The van der Waals surface area contributed by atoms with Crippen molar-refractivity contribution in [2.24, 2.45) is 0 Å². The molecule has 0 aliphatic heterocycles. The van der Waals surface area contributed by atoms with Gasteiger partial charge in [0.25, 0.3) is 0 Å². The van der Waals surface area contributed by atoms with Gasteiger partial charge in [-0.15, -0.1) is 0 Å². The van der Waals surface area contributed by atoms with Gasteiger partial charge in [-0.05, 0) is 56.2 Å². The van der Waals surface area contributed by atoms with Gasteiger partial charge in [0.15, 0.2) is 6.10 Å². The zero-order chi connectivity index (χ0) is 14.7. The Morgan fingerprint density at radius 3 is 2.20 bits per heavy atom. The van der Waals surface area contributed by atoms with Crippen LogP contribution in [0.2, 0.25) is 0 Å². The highest BCUT2D eigenvalue weighted by Gasteiger charge is 2.18. The molecule has 0 amide bonds. The second-order valence-corrected chi connectivity index (χ2v) is 5.65. The van der Waals surface area contributed by atoms with Crippen molar-refractivity contribution in [2.45, 2.75) is 26.9 Å². The minimum Gasteiger partial charge on any atom is -0.483 e. The number of aryl methyl sites for hydroxylation is 2. The Hall–Kier alpha value is -1.61. The molecule has 0 N–H and O–H groups in total. The zero-order valence-electron chi connectivity index (χ0n) is 11.8. The molecule has 3 heteroatoms. The van der Waals surface area contributed by atoms with E-state index in [1.54, 1.807) is 6.92 Å². The summed E-state index contributed by atoms with van der Waals surface area (Å²) in [7, 11) is 0. The predicted molar refractivity (Wildman–Crippen MR) is 84.5 cm³/mol. The molecule has 2 aromatic carbocycles. The van der Waals surface area contributed by atoms with E-state index in [2.05, 4.69) is 15.9 Å². The molecule has 0 saturated heterocycles. The minimum atomic E-state index is -0.502. The van der Waals surface area contributed by atoms with E-state index in [9.17, 15) is 4.79 Å². The maximum absolute atomic E-state index is 12.4. The van der Waals surface area contributed by atoms with Crippen molar-refractivity contribution in [3.63, 3.8) is 0 Å². The highest BCUT2D eigenvalue weighted by Crippen LogP contribution is 2.23. The maximum atomic E-state index is 12.4. The topological polar surface area (TPSA) is 26.3 Å². The molecular formula is C17H17BrO2. The molecule has 0 spiro atoms. The summed E-state index contributed by atoms with van der Waals surface area (Å²) in [5.41, 5.74) is 2.80. The number of ether oxygens (including phenoxy) is 1. The maximum Gasteiger partial charge on any atom is 0.203 e. The quantitative estimate of drug-likeness (QED) is 0.757. The lowest BCUT2D eigenvalue weighted by Gasteiger charge is -2.15. The smallest absolute Gasteiger partial charge is 0.203 e. The fourth-order valence-corrected chi connectivity index (χ4v) is 2.31. The van der Waals surface area contributed by atoms with Crippen LogP contribution in [0.3, 0.4) is 0 Å². The van der Waals surface area contributed by atoms with Crippen molar-refractivity contribution in [1.29, 1.82) is 0 Å². The number of benzene rings is 2. The molecule has 104 valence electrons. The first kappa shape index (κ1) is 14.8. The fraction of sp³-hybridized carbons (Fsp3) is 0.235. The third-order valence-corrected chi connectivity index (χ3v) is 4.40. The van der Waals surface area contributed by atoms with E-state index in [0.717, 1.165) is 15.6 Å². The van der Waals surface area contributed by atoms with Gasteiger partial charge in [-0.1, -0.05) is 34.1 Å². The first-order chi connectivity index (χ1) is 9.49. The summed E-state index contributed by atoms with van der Waals surface area (Å²) < 4.78 is 6.73. The summed E-state index contributed by atoms with van der Waals surface area (Å²) in [6.45, 7) is 5.75. The Morgan fingerprint density at radius 2 is 1.65 bits per heavy atom. The summed E-state index contributed by atoms with van der Waals surface area (Å²) in [6.07, 6.45) is -0.502. The number of hydrogen-bond acceptors (Lipinski definition) is 2. The molecule has 0 unspecified atom stereocenters. The molecular weight excluding hydrogens is 316 g/mol. The molecule has 0 aliphatic rings. The standard InChI is InChI=1S/C17H17BrO2/c1-11-9-14(10-12(2)16(11)18)17(19)13(3)20-15-7-5-4-6-8-15/h4-10,13H,1-3H3/t13-/m1/s1. The van der Waals surface area contributed by atoms with Gasteiger partial charge in [0.05, 0.1) is 0 Å². The monoisotopic (exact) mass is 332 g/mol. The Bertz CT molecular complexity index is 597. The zero-order valence-corrected chi connectivity index (χ0v) is 13.4. The Balaban J connectivity index is 2.19. The molecule has 20 heavy (non-hydrogen) atoms. The third-order valence-electron chi connectivity index (χ3n) is 3.15. The Morgan fingerprint density at radius 1 is 1.10 bits per heavy atom. The van der Waals surface area contributed by atoms with Crippen LogP contribution in [-0.4, -0.2) is 11.9 Å². The van der Waals surface area contributed by atoms with E-state index in [-0.39, 0.29) is 5.78 Å². The molecule has 0 radical (unpaired) electrons. The molecule has 0 bridgehead atoms. The third kappa shape index (κ3) is 3.28. The van der Waals surface area contributed by atoms with Gasteiger partial charge >= 0.3 is 0 Å². The van der Waals surface area contributed by atoms with Crippen molar-refractivity contribution in [3.8, 4) is 5.75 Å². The van der Waals surface area contributed by atoms with Crippen molar-refractivity contribution >= 4 is 21.7 Å². The summed E-state index contributed by atoms with van der Waals surface area (Å²) in [4.78, 5) is 12.4. The molecule has 0 fully saturated rings. The van der Waals surface area contributed by atoms with Gasteiger partial charge in [-0.25, -0.2) is 0 Å². The number of carbonyl (C=O) groups excluding carboxylic acids is 1. The molecule has 2 nitrogen and oxygen atoms in total. The number of Topliss-reactive ketones (excluding diaryl/α,β-unsaturated/α-hetero) is 1. The molecule has 0 heterocycles. The van der Waals surface area contributed by atoms with Gasteiger partial charge in [0.2, 0.25) is 5.78 Å². The molecule has 1 atom stereocenters. The van der Waals surface area contributed by atoms with E-state index >= 15 is 0 Å². The van der Waals surface area contributed by atoms with Gasteiger partial charge in [0.1, 0.15) is 5.75 Å². The van der Waals surface area contributed by atoms with Crippen LogP contribution in [0.4, 0.5) is 0 Å². The summed E-state index contributed by atoms with van der Waals surface area (Å²) in [5, 5.41) is 0. The van der Waals surface area contributed by atoms with Crippen LogP contribution in [0.1, 0.15) is 28.4 Å². The SMILES string of the molecule is Cc1cc(C(=O)[C@@H](C)Oc2ccccc2)cc(C)c1Br. The molecule has 2 rings (SSSR count). The number of ketones is 1. The highest BCUT2D eigenvalue weighted by molar-refractivity contribution is 9.10.